The lowest BCUT2D eigenvalue weighted by Crippen LogP contribution is -2.36. The number of amides is 1. The predicted molar refractivity (Wildman–Crippen MR) is 86.0 cm³/mol. The SMILES string of the molecule is O=C(CCSc1nnnn1Cc1ccco1)NC1CCCCC1. The monoisotopic (exact) mass is 335 g/mol. The molecule has 0 saturated heterocycles. The third-order valence-electron chi connectivity index (χ3n) is 3.92. The molecular weight excluding hydrogens is 314 g/mol. The number of aromatic nitrogens is 4. The Bertz CT molecular complexity index is 607. The van der Waals surface area contributed by atoms with E-state index >= 15 is 0 Å². The minimum atomic E-state index is 0.120. The highest BCUT2D eigenvalue weighted by Crippen LogP contribution is 2.19. The van der Waals surface area contributed by atoms with Crippen LogP contribution in [0.1, 0.15) is 44.3 Å². The highest BCUT2D eigenvalue weighted by atomic mass is 32.2. The zero-order valence-electron chi connectivity index (χ0n) is 13.0. The summed E-state index contributed by atoms with van der Waals surface area (Å²) < 4.78 is 6.98. The summed E-state index contributed by atoms with van der Waals surface area (Å²) in [4.78, 5) is 12.0. The van der Waals surface area contributed by atoms with Crippen LogP contribution in [0.2, 0.25) is 0 Å². The molecule has 0 atom stereocenters. The molecule has 1 saturated carbocycles. The molecule has 2 aromatic heterocycles. The van der Waals surface area contributed by atoms with Crippen molar-refractivity contribution in [3.8, 4) is 0 Å². The standard InChI is InChI=1S/C15H21N5O2S/c21-14(16-12-5-2-1-3-6-12)8-10-23-15-17-18-19-20(15)11-13-7-4-9-22-13/h4,7,9,12H,1-3,5-6,8,10-11H2,(H,16,21). The molecule has 2 aromatic rings. The van der Waals surface area contributed by atoms with Gasteiger partial charge in [-0.05, 0) is 35.4 Å². The topological polar surface area (TPSA) is 85.8 Å². The van der Waals surface area contributed by atoms with Crippen molar-refractivity contribution in [3.05, 3.63) is 24.2 Å². The molecule has 0 spiro atoms. The lowest BCUT2D eigenvalue weighted by molar-refractivity contribution is -0.121. The van der Waals surface area contributed by atoms with Crippen molar-refractivity contribution in [2.45, 2.75) is 56.3 Å². The van der Waals surface area contributed by atoms with E-state index in [1.165, 1.54) is 31.0 Å². The van der Waals surface area contributed by atoms with Crippen LogP contribution in [0.5, 0.6) is 0 Å². The van der Waals surface area contributed by atoms with Crippen LogP contribution in [0.4, 0.5) is 0 Å². The first kappa shape index (κ1) is 16.0. The van der Waals surface area contributed by atoms with Crippen molar-refractivity contribution >= 4 is 17.7 Å². The summed E-state index contributed by atoms with van der Waals surface area (Å²) in [6, 6.07) is 4.08. The van der Waals surface area contributed by atoms with Crippen LogP contribution in [0, 0.1) is 0 Å². The summed E-state index contributed by atoms with van der Waals surface area (Å²) in [5.41, 5.74) is 0. The van der Waals surface area contributed by atoms with Gasteiger partial charge in [0.15, 0.2) is 0 Å². The fraction of sp³-hybridized carbons (Fsp3) is 0.600. The summed E-state index contributed by atoms with van der Waals surface area (Å²) in [6.45, 7) is 0.497. The van der Waals surface area contributed by atoms with E-state index in [-0.39, 0.29) is 5.91 Å². The molecule has 1 amide bonds. The Hall–Kier alpha value is -1.83. The van der Waals surface area contributed by atoms with Gasteiger partial charge in [-0.3, -0.25) is 4.79 Å². The first-order valence-corrected chi connectivity index (χ1v) is 9.00. The van der Waals surface area contributed by atoms with Gasteiger partial charge >= 0.3 is 0 Å². The zero-order chi connectivity index (χ0) is 15.9. The van der Waals surface area contributed by atoms with Crippen molar-refractivity contribution in [2.75, 3.05) is 5.75 Å². The summed E-state index contributed by atoms with van der Waals surface area (Å²) in [7, 11) is 0. The number of hydrogen-bond acceptors (Lipinski definition) is 6. The van der Waals surface area contributed by atoms with Crippen LogP contribution in [-0.2, 0) is 11.3 Å². The Morgan fingerprint density at radius 3 is 3.04 bits per heavy atom. The van der Waals surface area contributed by atoms with Crippen molar-refractivity contribution < 1.29 is 9.21 Å². The van der Waals surface area contributed by atoms with E-state index in [4.69, 9.17) is 4.42 Å². The molecule has 2 heterocycles. The van der Waals surface area contributed by atoms with Gasteiger partial charge in [0.05, 0.1) is 6.26 Å². The van der Waals surface area contributed by atoms with E-state index in [1.807, 2.05) is 12.1 Å². The second-order valence-corrected chi connectivity index (χ2v) is 6.76. The molecule has 1 aliphatic rings. The third-order valence-corrected chi connectivity index (χ3v) is 4.87. The highest BCUT2D eigenvalue weighted by Gasteiger charge is 2.16. The van der Waals surface area contributed by atoms with Crippen LogP contribution in [0.15, 0.2) is 28.0 Å². The summed E-state index contributed by atoms with van der Waals surface area (Å²) in [5, 5.41) is 15.5. The number of nitrogens with zero attached hydrogens (tertiary/aromatic N) is 4. The van der Waals surface area contributed by atoms with Crippen molar-refractivity contribution in [2.24, 2.45) is 0 Å². The molecule has 0 unspecified atom stereocenters. The lowest BCUT2D eigenvalue weighted by Gasteiger charge is -2.22. The number of rotatable bonds is 7. The average molecular weight is 335 g/mol. The van der Waals surface area contributed by atoms with Crippen LogP contribution in [-0.4, -0.2) is 37.9 Å². The van der Waals surface area contributed by atoms with E-state index < -0.39 is 0 Å². The number of hydrogen-bond donors (Lipinski definition) is 1. The molecule has 124 valence electrons. The van der Waals surface area contributed by atoms with Crippen LogP contribution >= 0.6 is 11.8 Å². The molecule has 0 bridgehead atoms. The fourth-order valence-corrected chi connectivity index (χ4v) is 3.55. The number of tetrazole rings is 1. The number of furan rings is 1. The van der Waals surface area contributed by atoms with Crippen LogP contribution < -0.4 is 5.32 Å². The van der Waals surface area contributed by atoms with Gasteiger partial charge in [-0.15, -0.1) is 5.10 Å². The van der Waals surface area contributed by atoms with Crippen molar-refractivity contribution in [1.82, 2.24) is 25.5 Å². The van der Waals surface area contributed by atoms with Crippen LogP contribution in [0.3, 0.4) is 0 Å². The molecule has 0 radical (unpaired) electrons. The Morgan fingerprint density at radius 2 is 2.26 bits per heavy atom. The largest absolute Gasteiger partial charge is 0.467 e. The van der Waals surface area contributed by atoms with Gasteiger partial charge in [-0.25, -0.2) is 4.68 Å². The molecule has 0 aliphatic heterocycles. The maximum Gasteiger partial charge on any atom is 0.221 e. The van der Waals surface area contributed by atoms with E-state index in [1.54, 1.807) is 10.9 Å². The Balaban J connectivity index is 1.42. The van der Waals surface area contributed by atoms with Crippen LogP contribution in [0.25, 0.3) is 0 Å². The first-order valence-electron chi connectivity index (χ1n) is 8.02. The Labute approximate surface area is 139 Å². The number of thioether (sulfide) groups is 1. The van der Waals surface area contributed by atoms with Gasteiger partial charge in [0.25, 0.3) is 0 Å². The van der Waals surface area contributed by atoms with Gasteiger partial charge in [0.2, 0.25) is 11.1 Å². The predicted octanol–water partition coefficient (Wildman–Crippen LogP) is 2.25. The molecule has 1 aliphatic carbocycles. The number of nitrogens with one attached hydrogen (secondary N) is 1. The van der Waals surface area contributed by atoms with E-state index in [0.29, 0.717) is 29.9 Å². The van der Waals surface area contributed by atoms with Gasteiger partial charge in [0.1, 0.15) is 12.3 Å². The minimum Gasteiger partial charge on any atom is -0.467 e. The van der Waals surface area contributed by atoms with E-state index in [0.717, 1.165) is 18.6 Å². The quantitative estimate of drug-likeness (QED) is 0.781. The molecule has 0 aromatic carbocycles. The lowest BCUT2D eigenvalue weighted by atomic mass is 9.95. The second-order valence-electron chi connectivity index (χ2n) is 5.70. The maximum atomic E-state index is 12.0. The molecular formula is C15H21N5O2S. The molecule has 3 rings (SSSR count). The molecule has 23 heavy (non-hydrogen) atoms. The van der Waals surface area contributed by atoms with E-state index in [9.17, 15) is 4.79 Å². The summed E-state index contributed by atoms with van der Waals surface area (Å²) in [6.07, 6.45) is 8.07. The summed E-state index contributed by atoms with van der Waals surface area (Å²) in [5.74, 6) is 1.58. The van der Waals surface area contributed by atoms with Crippen molar-refractivity contribution in [1.29, 1.82) is 0 Å². The molecule has 7 nitrogen and oxygen atoms in total. The Kier molecular flexibility index (Phi) is 5.68. The zero-order valence-corrected chi connectivity index (χ0v) is 13.8. The van der Waals surface area contributed by atoms with Gasteiger partial charge in [-0.1, -0.05) is 31.0 Å². The Morgan fingerprint density at radius 1 is 1.39 bits per heavy atom. The second kappa shape index (κ2) is 8.14. The van der Waals surface area contributed by atoms with Gasteiger partial charge in [-0.2, -0.15) is 0 Å². The molecule has 8 heteroatoms. The molecule has 1 N–H and O–H groups in total. The van der Waals surface area contributed by atoms with Gasteiger partial charge in [0, 0.05) is 18.2 Å². The number of carbonyl (C=O) groups excluding carboxylic acids is 1. The average Bonchev–Trinajstić information content (AvgIpc) is 3.21. The summed E-state index contributed by atoms with van der Waals surface area (Å²) >= 11 is 1.49. The maximum absolute atomic E-state index is 12.0. The highest BCUT2D eigenvalue weighted by molar-refractivity contribution is 7.99. The third kappa shape index (κ3) is 4.82. The minimum absolute atomic E-state index is 0.120. The normalized spacial score (nSPS) is 15.7. The van der Waals surface area contributed by atoms with Crippen molar-refractivity contribution in [3.63, 3.8) is 0 Å². The van der Waals surface area contributed by atoms with Gasteiger partial charge < -0.3 is 9.73 Å². The molecule has 1 fully saturated rings. The smallest absolute Gasteiger partial charge is 0.221 e. The number of carbonyl (C=O) groups is 1. The first-order chi connectivity index (χ1) is 11.3. The fourth-order valence-electron chi connectivity index (χ4n) is 2.73. The van der Waals surface area contributed by atoms with E-state index in [2.05, 4.69) is 20.8 Å².